The van der Waals surface area contributed by atoms with Crippen LogP contribution in [0.1, 0.15) is 0 Å². The summed E-state index contributed by atoms with van der Waals surface area (Å²) in [6, 6.07) is 0. The van der Waals surface area contributed by atoms with Crippen molar-refractivity contribution in [2.75, 3.05) is 20.2 Å². The molecule has 0 atom stereocenters. The van der Waals surface area contributed by atoms with Crippen LogP contribution in [0.4, 0.5) is 0 Å². The molecule has 0 aromatic carbocycles. The van der Waals surface area contributed by atoms with Gasteiger partial charge in [0.15, 0.2) is 0 Å². The minimum atomic E-state index is 0.179. The van der Waals surface area contributed by atoms with Crippen molar-refractivity contribution in [2.24, 2.45) is 0 Å². The third-order valence-corrected chi connectivity index (χ3v) is 1.54. The van der Waals surface area contributed by atoms with Gasteiger partial charge in [-0.3, -0.25) is 0 Å². The highest BCUT2D eigenvalue weighted by Crippen LogP contribution is 2.02. The van der Waals surface area contributed by atoms with Gasteiger partial charge in [0.05, 0.1) is 11.6 Å². The van der Waals surface area contributed by atoms with Crippen LogP contribution < -0.4 is 4.99 Å². The monoisotopic (exact) mass is 152 g/mol. The molecule has 0 unspecified atom stereocenters. The van der Waals surface area contributed by atoms with E-state index in [1.165, 1.54) is 0 Å². The molecule has 1 N–H and O–H groups in total. The topological polar surface area (TPSA) is 37.6 Å². The lowest BCUT2D eigenvalue weighted by molar-refractivity contribution is 0.249. The van der Waals surface area contributed by atoms with Crippen LogP contribution in [0.3, 0.4) is 0 Å². The number of aliphatic imine (C=N–C) groups is 1. The standard InChI is InChI=1S/C8H12N2O/c1-10(6-7-11)8-2-4-9-5-3-8/h2-5,11H,6-7H2,1H3/q+1. The van der Waals surface area contributed by atoms with Gasteiger partial charge in [0, 0.05) is 31.4 Å². The smallest absolute Gasteiger partial charge is 0.244 e. The number of rotatable bonds is 3. The molecule has 59 valence electrons. The highest BCUT2D eigenvalue weighted by Gasteiger charge is 2.04. The Morgan fingerprint density at radius 3 is 3.00 bits per heavy atom. The van der Waals surface area contributed by atoms with E-state index in [2.05, 4.69) is 4.99 Å². The molecule has 0 aromatic rings. The summed E-state index contributed by atoms with van der Waals surface area (Å²) in [6.45, 7) is 0.836. The number of nitrogens with zero attached hydrogens (tertiary/aromatic N) is 2. The van der Waals surface area contributed by atoms with E-state index in [-0.39, 0.29) is 6.61 Å². The molecule has 3 heteroatoms. The van der Waals surface area contributed by atoms with E-state index in [1.807, 2.05) is 24.1 Å². The first-order valence-electron chi connectivity index (χ1n) is 3.56. The normalized spacial score (nSPS) is 14.9. The van der Waals surface area contributed by atoms with Gasteiger partial charge in [-0.2, -0.15) is 0 Å². The maximum absolute atomic E-state index is 8.64. The second-order valence-corrected chi connectivity index (χ2v) is 2.35. The lowest BCUT2D eigenvalue weighted by Gasteiger charge is -2.17. The molecular weight excluding hydrogens is 140 g/mol. The molecule has 1 aliphatic rings. The zero-order chi connectivity index (χ0) is 8.10. The summed E-state index contributed by atoms with van der Waals surface area (Å²) in [7, 11) is 1.94. The Bertz CT molecular complexity index is 206. The first-order chi connectivity index (χ1) is 5.34. The second kappa shape index (κ2) is 3.93. The lowest BCUT2D eigenvalue weighted by Crippen LogP contribution is -2.21. The van der Waals surface area contributed by atoms with Crippen LogP contribution in [0.25, 0.3) is 0 Å². The van der Waals surface area contributed by atoms with E-state index >= 15 is 0 Å². The maximum Gasteiger partial charge on any atom is 0.244 e. The van der Waals surface area contributed by atoms with Crippen molar-refractivity contribution < 1.29 is 5.11 Å². The maximum atomic E-state index is 8.64. The van der Waals surface area contributed by atoms with Gasteiger partial charge in [-0.1, -0.05) is 0 Å². The number of allylic oxidation sites excluding steroid dienone is 2. The van der Waals surface area contributed by atoms with E-state index in [9.17, 15) is 0 Å². The molecule has 1 radical (unpaired) electrons. The number of aliphatic hydroxyl groups excluding tert-OH is 1. The highest BCUT2D eigenvalue weighted by molar-refractivity contribution is 5.73. The van der Waals surface area contributed by atoms with Crippen LogP contribution in [0, 0.1) is 0 Å². The minimum absolute atomic E-state index is 0.179. The van der Waals surface area contributed by atoms with Gasteiger partial charge in [-0.25, -0.2) is 0 Å². The Morgan fingerprint density at radius 1 is 1.64 bits per heavy atom. The van der Waals surface area contributed by atoms with Gasteiger partial charge < -0.3 is 10.0 Å². The third-order valence-electron chi connectivity index (χ3n) is 1.54. The minimum Gasteiger partial charge on any atom is -0.395 e. The number of likely N-dealkylation sites (N-methyl/N-ethyl adjacent to an activating group) is 1. The molecule has 0 aromatic heterocycles. The summed E-state index contributed by atoms with van der Waals surface area (Å²) in [6.07, 6.45) is 7.30. The van der Waals surface area contributed by atoms with Crippen molar-refractivity contribution in [3.8, 4) is 0 Å². The van der Waals surface area contributed by atoms with Crippen molar-refractivity contribution in [3.63, 3.8) is 0 Å². The van der Waals surface area contributed by atoms with Crippen molar-refractivity contribution in [2.45, 2.75) is 0 Å². The van der Waals surface area contributed by atoms with E-state index < -0.39 is 0 Å². The number of hydrogen-bond donors (Lipinski definition) is 1. The predicted molar refractivity (Wildman–Crippen MR) is 45.1 cm³/mol. The average Bonchev–Trinajstić information content (AvgIpc) is 2.07. The van der Waals surface area contributed by atoms with E-state index in [0.717, 1.165) is 5.70 Å². The van der Waals surface area contributed by atoms with Crippen LogP contribution in [0.2, 0.25) is 0 Å². The highest BCUT2D eigenvalue weighted by atomic mass is 16.3. The lowest BCUT2D eigenvalue weighted by atomic mass is 10.3. The van der Waals surface area contributed by atoms with Crippen molar-refractivity contribution in [1.29, 1.82) is 0 Å². The van der Waals surface area contributed by atoms with Crippen LogP contribution in [0.15, 0.2) is 24.0 Å². The van der Waals surface area contributed by atoms with E-state index in [1.54, 1.807) is 12.4 Å². The molecule has 0 amide bonds. The summed E-state index contributed by atoms with van der Waals surface area (Å²) >= 11 is 0. The van der Waals surface area contributed by atoms with Crippen LogP contribution in [0.5, 0.6) is 0 Å². The fourth-order valence-corrected chi connectivity index (χ4v) is 0.878. The Balaban J connectivity index is 2.53. The van der Waals surface area contributed by atoms with Gasteiger partial charge in [0.2, 0.25) is 12.4 Å². The molecule has 11 heavy (non-hydrogen) atoms. The van der Waals surface area contributed by atoms with Gasteiger partial charge in [0.1, 0.15) is 0 Å². The fourth-order valence-electron chi connectivity index (χ4n) is 0.878. The molecule has 0 saturated heterocycles. The Kier molecular flexibility index (Phi) is 2.86. The van der Waals surface area contributed by atoms with Gasteiger partial charge in [-0.05, 0) is 0 Å². The fraction of sp³-hybridized carbons (Fsp3) is 0.375. The largest absolute Gasteiger partial charge is 0.395 e. The zero-order valence-electron chi connectivity index (χ0n) is 6.57. The molecule has 0 bridgehead atoms. The summed E-state index contributed by atoms with van der Waals surface area (Å²) < 4.78 is 0. The Hall–Kier alpha value is -1.09. The van der Waals surface area contributed by atoms with Crippen molar-refractivity contribution in [3.05, 3.63) is 24.0 Å². The van der Waals surface area contributed by atoms with E-state index in [4.69, 9.17) is 5.11 Å². The summed E-state index contributed by atoms with van der Waals surface area (Å²) in [5, 5.41) is 8.64. The van der Waals surface area contributed by atoms with Crippen molar-refractivity contribution >= 4 is 6.21 Å². The summed E-state index contributed by atoms with van der Waals surface area (Å²) in [5.74, 6) is 0. The number of hydrogen-bond acceptors (Lipinski definition) is 3. The van der Waals surface area contributed by atoms with E-state index in [0.29, 0.717) is 6.54 Å². The predicted octanol–water partition coefficient (Wildman–Crippen LogP) is -0.272. The first kappa shape index (κ1) is 8.01. The third kappa shape index (κ3) is 2.20. The van der Waals surface area contributed by atoms with Crippen molar-refractivity contribution in [1.82, 2.24) is 9.89 Å². The van der Waals surface area contributed by atoms with Gasteiger partial charge in [-0.15, -0.1) is 0 Å². The first-order valence-corrected chi connectivity index (χ1v) is 3.56. The molecule has 1 heterocycles. The van der Waals surface area contributed by atoms with Gasteiger partial charge >= 0.3 is 0 Å². The molecule has 0 spiro atoms. The molecule has 0 saturated carbocycles. The average molecular weight is 152 g/mol. The van der Waals surface area contributed by atoms with Crippen LogP contribution in [-0.4, -0.2) is 36.4 Å². The summed E-state index contributed by atoms with van der Waals surface area (Å²) in [5.41, 5.74) is 1.08. The molecule has 0 aliphatic carbocycles. The van der Waals surface area contributed by atoms with Gasteiger partial charge in [0.25, 0.3) is 0 Å². The Labute approximate surface area is 66.4 Å². The van der Waals surface area contributed by atoms with Crippen LogP contribution in [-0.2, 0) is 0 Å². The molecule has 1 aliphatic heterocycles. The van der Waals surface area contributed by atoms with Crippen LogP contribution >= 0.6 is 0 Å². The Morgan fingerprint density at radius 2 is 2.45 bits per heavy atom. The molecule has 1 rings (SSSR count). The molecular formula is C8H12N2O+. The molecule has 3 nitrogen and oxygen atoms in total. The second-order valence-electron chi connectivity index (χ2n) is 2.35. The molecule has 0 fully saturated rings. The summed E-state index contributed by atoms with van der Waals surface area (Å²) in [4.78, 5) is 5.87. The number of aliphatic hydroxyl groups is 1. The SMILES string of the molecule is CN(CCO)C1=CC=[N+]C=C1. The zero-order valence-corrected chi connectivity index (χ0v) is 6.57. The quantitative estimate of drug-likeness (QED) is 0.604.